The second kappa shape index (κ2) is 7.29. The molecule has 0 aliphatic carbocycles. The molecule has 0 spiro atoms. The first kappa shape index (κ1) is 17.7. The van der Waals surface area contributed by atoms with E-state index in [0.29, 0.717) is 6.54 Å². The van der Waals surface area contributed by atoms with E-state index in [1.807, 2.05) is 0 Å². The molecule has 1 fully saturated rings. The van der Waals surface area contributed by atoms with Crippen molar-refractivity contribution in [3.05, 3.63) is 29.8 Å². The van der Waals surface area contributed by atoms with Crippen LogP contribution in [0.3, 0.4) is 0 Å². The fraction of sp³-hybridized carbons (Fsp3) is 0.533. The highest BCUT2D eigenvalue weighted by atomic mass is 32.2. The first-order valence-corrected chi connectivity index (χ1v) is 9.09. The highest BCUT2D eigenvalue weighted by Crippen LogP contribution is 2.21. The van der Waals surface area contributed by atoms with Crippen LogP contribution in [0.15, 0.2) is 24.3 Å². The van der Waals surface area contributed by atoms with Crippen molar-refractivity contribution in [3.8, 4) is 0 Å². The van der Waals surface area contributed by atoms with Crippen LogP contribution in [0.5, 0.6) is 0 Å². The van der Waals surface area contributed by atoms with E-state index in [-0.39, 0.29) is 11.6 Å². The number of hydrogen-bond donors (Lipinski definition) is 2. The maximum absolute atomic E-state index is 12.0. The molecule has 7 nitrogen and oxygen atoms in total. The second-order valence-electron chi connectivity index (χ2n) is 5.65. The van der Waals surface area contributed by atoms with Crippen LogP contribution in [0.4, 0.5) is 5.69 Å². The molecule has 1 aromatic rings. The quantitative estimate of drug-likeness (QED) is 0.810. The van der Waals surface area contributed by atoms with Crippen molar-refractivity contribution < 1.29 is 18.3 Å². The number of hydrogen-bond acceptors (Lipinski definition) is 4. The summed E-state index contributed by atoms with van der Waals surface area (Å²) in [6.07, 6.45) is 1.44. The van der Waals surface area contributed by atoms with Crippen molar-refractivity contribution in [1.82, 2.24) is 9.03 Å². The Kier molecular flexibility index (Phi) is 5.61. The number of anilines is 1. The van der Waals surface area contributed by atoms with Crippen LogP contribution in [0, 0.1) is 0 Å². The first-order valence-electron chi connectivity index (χ1n) is 7.65. The normalized spacial score (nSPS) is 16.7. The number of benzene rings is 1. The Labute approximate surface area is 137 Å². The van der Waals surface area contributed by atoms with E-state index in [4.69, 9.17) is 5.11 Å². The van der Waals surface area contributed by atoms with Crippen LogP contribution in [-0.2, 0) is 10.2 Å². The molecular formula is C15H23N3O4S. The zero-order chi connectivity index (χ0) is 17.0. The van der Waals surface area contributed by atoms with E-state index in [9.17, 15) is 13.2 Å². The number of aromatic carboxylic acids is 1. The average Bonchev–Trinajstić information content (AvgIpc) is 2.54. The van der Waals surface area contributed by atoms with Gasteiger partial charge in [0.15, 0.2) is 0 Å². The number of carboxylic acids is 1. The summed E-state index contributed by atoms with van der Waals surface area (Å²) < 4.78 is 28.1. The van der Waals surface area contributed by atoms with Crippen LogP contribution < -0.4 is 9.62 Å². The molecule has 23 heavy (non-hydrogen) atoms. The van der Waals surface area contributed by atoms with Crippen LogP contribution in [0.2, 0.25) is 0 Å². The lowest BCUT2D eigenvalue weighted by molar-refractivity contribution is 0.0697. The Bertz CT molecular complexity index is 637. The van der Waals surface area contributed by atoms with Gasteiger partial charge in [-0.05, 0) is 37.1 Å². The fourth-order valence-corrected chi connectivity index (χ4v) is 3.72. The summed E-state index contributed by atoms with van der Waals surface area (Å²) in [5.74, 6) is -0.940. The average molecular weight is 341 g/mol. The van der Waals surface area contributed by atoms with Crippen molar-refractivity contribution in [1.29, 1.82) is 0 Å². The van der Waals surface area contributed by atoms with E-state index >= 15 is 0 Å². The van der Waals surface area contributed by atoms with Gasteiger partial charge in [0.2, 0.25) is 0 Å². The first-order chi connectivity index (χ1) is 10.8. The Hall–Kier alpha value is -1.64. The molecule has 1 aromatic carbocycles. The van der Waals surface area contributed by atoms with Crippen LogP contribution in [0.1, 0.15) is 30.1 Å². The van der Waals surface area contributed by atoms with Crippen molar-refractivity contribution in [2.45, 2.75) is 25.8 Å². The summed E-state index contributed by atoms with van der Waals surface area (Å²) >= 11 is 0. The standard InChI is InChI=1S/C15H23N3O4S/c1-3-17(2)23(21,22)16-13-8-10-18(11-9-13)14-6-4-12(5-7-14)15(19)20/h4-7,13,16H,3,8-11H2,1-2H3,(H,19,20). The van der Waals surface area contributed by atoms with E-state index in [2.05, 4.69) is 9.62 Å². The molecule has 8 heteroatoms. The third kappa shape index (κ3) is 4.43. The summed E-state index contributed by atoms with van der Waals surface area (Å²) in [5, 5.41) is 8.91. The number of carbonyl (C=O) groups is 1. The smallest absolute Gasteiger partial charge is 0.335 e. The molecule has 0 saturated carbocycles. The van der Waals surface area contributed by atoms with Gasteiger partial charge in [0, 0.05) is 38.4 Å². The van der Waals surface area contributed by atoms with Crippen molar-refractivity contribution in [2.24, 2.45) is 0 Å². The minimum atomic E-state index is -3.41. The van der Waals surface area contributed by atoms with Gasteiger partial charge in [0.05, 0.1) is 5.56 Å². The molecule has 0 aromatic heterocycles. The van der Waals surface area contributed by atoms with Crippen molar-refractivity contribution in [3.63, 3.8) is 0 Å². The predicted molar refractivity (Wildman–Crippen MR) is 89.0 cm³/mol. The molecule has 1 aliphatic rings. The molecule has 1 heterocycles. The van der Waals surface area contributed by atoms with E-state index < -0.39 is 16.2 Å². The maximum atomic E-state index is 12.0. The molecule has 128 valence electrons. The lowest BCUT2D eigenvalue weighted by Gasteiger charge is -2.34. The van der Waals surface area contributed by atoms with Crippen LogP contribution in [-0.4, -0.2) is 56.5 Å². The van der Waals surface area contributed by atoms with Gasteiger partial charge >= 0.3 is 5.97 Å². The molecule has 2 rings (SSSR count). The van der Waals surface area contributed by atoms with Crippen molar-refractivity contribution >= 4 is 21.9 Å². The minimum absolute atomic E-state index is 0.0662. The van der Waals surface area contributed by atoms with E-state index in [1.165, 1.54) is 4.31 Å². The minimum Gasteiger partial charge on any atom is -0.478 e. The predicted octanol–water partition coefficient (Wildman–Crippen LogP) is 1.14. The van der Waals surface area contributed by atoms with E-state index in [0.717, 1.165) is 31.6 Å². The Morgan fingerprint density at radius 3 is 2.35 bits per heavy atom. The monoisotopic (exact) mass is 341 g/mol. The molecule has 0 bridgehead atoms. The van der Waals surface area contributed by atoms with Crippen LogP contribution in [0.25, 0.3) is 0 Å². The molecule has 0 unspecified atom stereocenters. The van der Waals surface area contributed by atoms with Gasteiger partial charge in [-0.1, -0.05) is 6.92 Å². The molecule has 2 N–H and O–H groups in total. The number of rotatable bonds is 6. The van der Waals surface area contributed by atoms with Crippen LogP contribution >= 0.6 is 0 Å². The summed E-state index contributed by atoms with van der Waals surface area (Å²) in [4.78, 5) is 13.0. The molecular weight excluding hydrogens is 318 g/mol. The van der Waals surface area contributed by atoms with Gasteiger partial charge in [-0.3, -0.25) is 0 Å². The highest BCUT2D eigenvalue weighted by molar-refractivity contribution is 7.87. The third-order valence-corrected chi connectivity index (χ3v) is 5.86. The highest BCUT2D eigenvalue weighted by Gasteiger charge is 2.25. The second-order valence-corrected chi connectivity index (χ2v) is 7.46. The molecule has 0 atom stereocenters. The van der Waals surface area contributed by atoms with Gasteiger partial charge in [-0.25, -0.2) is 4.79 Å². The molecule has 0 radical (unpaired) electrons. The van der Waals surface area contributed by atoms with Gasteiger partial charge in [0.25, 0.3) is 10.2 Å². The summed E-state index contributed by atoms with van der Waals surface area (Å²) in [6, 6.07) is 6.69. The number of nitrogens with one attached hydrogen (secondary N) is 1. The summed E-state index contributed by atoms with van der Waals surface area (Å²) in [5.41, 5.74) is 1.22. The topological polar surface area (TPSA) is 90.0 Å². The number of nitrogens with zero attached hydrogens (tertiary/aromatic N) is 2. The third-order valence-electron chi connectivity index (χ3n) is 4.15. The Balaban J connectivity index is 1.92. The molecule has 1 aliphatic heterocycles. The van der Waals surface area contributed by atoms with Gasteiger partial charge in [-0.15, -0.1) is 0 Å². The molecule has 1 saturated heterocycles. The Morgan fingerprint density at radius 1 is 1.30 bits per heavy atom. The van der Waals surface area contributed by atoms with Gasteiger partial charge in [0.1, 0.15) is 0 Å². The zero-order valence-corrected chi connectivity index (χ0v) is 14.2. The SMILES string of the molecule is CCN(C)S(=O)(=O)NC1CCN(c2ccc(C(=O)O)cc2)CC1. The fourth-order valence-electron chi connectivity index (χ4n) is 2.54. The van der Waals surface area contributed by atoms with E-state index in [1.54, 1.807) is 38.2 Å². The zero-order valence-electron chi connectivity index (χ0n) is 13.4. The number of piperidine rings is 1. The van der Waals surface area contributed by atoms with Gasteiger partial charge in [-0.2, -0.15) is 17.4 Å². The summed E-state index contributed by atoms with van der Waals surface area (Å²) in [6.45, 7) is 3.69. The Morgan fingerprint density at radius 2 is 1.87 bits per heavy atom. The molecule has 0 amide bonds. The largest absolute Gasteiger partial charge is 0.478 e. The van der Waals surface area contributed by atoms with Gasteiger partial charge < -0.3 is 10.0 Å². The lowest BCUT2D eigenvalue weighted by atomic mass is 10.1. The lowest BCUT2D eigenvalue weighted by Crippen LogP contribution is -2.48. The van der Waals surface area contributed by atoms with Crippen molar-refractivity contribution in [2.75, 3.05) is 31.6 Å². The number of carboxylic acid groups (broad SMARTS) is 1. The summed E-state index contributed by atoms with van der Waals surface area (Å²) in [7, 11) is -1.85. The maximum Gasteiger partial charge on any atom is 0.335 e.